The first-order valence-electron chi connectivity index (χ1n) is 12.7. The fourth-order valence-electron chi connectivity index (χ4n) is 4.52. The number of hydrogen-bond acceptors (Lipinski definition) is 6. The summed E-state index contributed by atoms with van der Waals surface area (Å²) in [6.45, 7) is 5.97. The van der Waals surface area contributed by atoms with E-state index in [1.165, 1.54) is 11.3 Å². The molecule has 5 rings (SSSR count). The van der Waals surface area contributed by atoms with Gasteiger partial charge in [0, 0.05) is 21.2 Å². The molecule has 6 nitrogen and oxygen atoms in total. The number of esters is 1. The quantitative estimate of drug-likeness (QED) is 0.247. The predicted octanol–water partition coefficient (Wildman–Crippen LogP) is 5.99. The summed E-state index contributed by atoms with van der Waals surface area (Å²) < 4.78 is 13.5. The molecule has 9 heteroatoms. The van der Waals surface area contributed by atoms with E-state index in [2.05, 4.69) is 4.99 Å². The maximum atomic E-state index is 13.9. The summed E-state index contributed by atoms with van der Waals surface area (Å²) in [6.07, 6.45) is 1.79. The minimum absolute atomic E-state index is 0.221. The standard InChI is InChI=1S/C31H26Cl2N2O4S/c1-4-38-30(37)27-19(3)34-31-35(28(27)20-11-9-18(2)10-12-20)29(36)26(40-31)15-21-7-5-6-8-25(21)39-17-22-13-14-23(32)16-24(22)33/h5-16,28H,4,17H2,1-3H3. The molecule has 0 saturated heterocycles. The van der Waals surface area contributed by atoms with E-state index in [0.717, 1.165) is 22.3 Å². The third kappa shape index (κ3) is 5.63. The Bertz CT molecular complexity index is 1810. The number of carbonyl (C=O) groups is 1. The molecule has 0 fully saturated rings. The van der Waals surface area contributed by atoms with Crippen LogP contribution in [0.15, 0.2) is 87.8 Å². The van der Waals surface area contributed by atoms with Crippen LogP contribution in [-0.4, -0.2) is 17.1 Å². The van der Waals surface area contributed by atoms with Crippen molar-refractivity contribution >= 4 is 46.6 Å². The number of halogens is 2. The fourth-order valence-corrected chi connectivity index (χ4v) is 6.02. The van der Waals surface area contributed by atoms with Crippen molar-refractivity contribution in [2.75, 3.05) is 6.61 Å². The number of ether oxygens (including phenoxy) is 2. The summed E-state index contributed by atoms with van der Waals surface area (Å²) in [4.78, 5) is 32.1. The number of allylic oxidation sites excluding steroid dienone is 1. The van der Waals surface area contributed by atoms with Crippen molar-refractivity contribution in [1.29, 1.82) is 0 Å². The van der Waals surface area contributed by atoms with E-state index in [9.17, 15) is 9.59 Å². The molecular weight excluding hydrogens is 567 g/mol. The molecule has 3 aromatic carbocycles. The highest BCUT2D eigenvalue weighted by molar-refractivity contribution is 7.07. The lowest BCUT2D eigenvalue weighted by Gasteiger charge is -2.24. The first-order chi connectivity index (χ1) is 19.3. The number of para-hydroxylation sites is 1. The molecule has 0 spiro atoms. The lowest BCUT2D eigenvalue weighted by atomic mass is 9.95. The lowest BCUT2D eigenvalue weighted by Crippen LogP contribution is -2.39. The van der Waals surface area contributed by atoms with Crippen LogP contribution in [-0.2, 0) is 16.1 Å². The van der Waals surface area contributed by atoms with Gasteiger partial charge in [0.1, 0.15) is 12.4 Å². The van der Waals surface area contributed by atoms with E-state index >= 15 is 0 Å². The Morgan fingerprint density at radius 1 is 1.07 bits per heavy atom. The molecule has 0 aliphatic carbocycles. The zero-order valence-electron chi connectivity index (χ0n) is 22.1. The zero-order chi connectivity index (χ0) is 28.4. The number of aromatic nitrogens is 1. The molecule has 40 heavy (non-hydrogen) atoms. The Kier molecular flexibility index (Phi) is 8.26. The largest absolute Gasteiger partial charge is 0.488 e. The summed E-state index contributed by atoms with van der Waals surface area (Å²) >= 11 is 13.6. The molecule has 0 amide bonds. The lowest BCUT2D eigenvalue weighted by molar-refractivity contribution is -0.139. The summed E-state index contributed by atoms with van der Waals surface area (Å²) in [7, 11) is 0. The second kappa shape index (κ2) is 11.8. The minimum Gasteiger partial charge on any atom is -0.488 e. The molecule has 4 aromatic rings. The highest BCUT2D eigenvalue weighted by Gasteiger charge is 2.33. The van der Waals surface area contributed by atoms with E-state index in [4.69, 9.17) is 32.7 Å². The Morgan fingerprint density at radius 2 is 1.82 bits per heavy atom. The molecule has 0 bridgehead atoms. The van der Waals surface area contributed by atoms with Gasteiger partial charge in [0.25, 0.3) is 5.56 Å². The van der Waals surface area contributed by atoms with Gasteiger partial charge < -0.3 is 9.47 Å². The second-order valence-electron chi connectivity index (χ2n) is 9.28. The van der Waals surface area contributed by atoms with Gasteiger partial charge >= 0.3 is 5.97 Å². The Hall–Kier alpha value is -3.65. The number of benzene rings is 3. The van der Waals surface area contributed by atoms with Crippen molar-refractivity contribution in [2.45, 2.75) is 33.4 Å². The molecule has 0 saturated carbocycles. The van der Waals surface area contributed by atoms with Gasteiger partial charge in [-0.2, -0.15) is 0 Å². The van der Waals surface area contributed by atoms with Crippen LogP contribution in [0, 0.1) is 6.92 Å². The second-order valence-corrected chi connectivity index (χ2v) is 11.1. The first-order valence-corrected chi connectivity index (χ1v) is 14.3. The van der Waals surface area contributed by atoms with Crippen molar-refractivity contribution in [3.8, 4) is 5.75 Å². The summed E-state index contributed by atoms with van der Waals surface area (Å²) in [5, 5.41) is 1.07. The van der Waals surface area contributed by atoms with Crippen LogP contribution in [0.25, 0.3) is 6.08 Å². The molecule has 1 aliphatic rings. The molecule has 204 valence electrons. The van der Waals surface area contributed by atoms with Gasteiger partial charge in [-0.1, -0.05) is 88.6 Å². The number of fused-ring (bicyclic) bond motifs is 1. The fraction of sp³-hybridized carbons (Fsp3) is 0.194. The topological polar surface area (TPSA) is 69.9 Å². The molecule has 0 radical (unpaired) electrons. The number of hydrogen-bond donors (Lipinski definition) is 0. The maximum Gasteiger partial charge on any atom is 0.338 e. The van der Waals surface area contributed by atoms with Crippen LogP contribution in [0.4, 0.5) is 0 Å². The van der Waals surface area contributed by atoms with Gasteiger partial charge in [0.15, 0.2) is 4.80 Å². The Balaban J connectivity index is 1.59. The SMILES string of the molecule is CCOC(=O)C1=C(C)N=c2sc(=Cc3ccccc3OCc3ccc(Cl)cc3Cl)c(=O)n2C1c1ccc(C)cc1. The number of carbonyl (C=O) groups excluding carboxylic acids is 1. The number of thiazole rings is 1. The van der Waals surface area contributed by atoms with E-state index in [1.54, 1.807) is 36.6 Å². The number of nitrogens with zero attached hydrogens (tertiary/aromatic N) is 2. The van der Waals surface area contributed by atoms with Crippen molar-refractivity contribution < 1.29 is 14.3 Å². The van der Waals surface area contributed by atoms with E-state index in [0.29, 0.717) is 36.4 Å². The number of aryl methyl sites for hydroxylation is 1. The van der Waals surface area contributed by atoms with Crippen LogP contribution in [0.3, 0.4) is 0 Å². The molecule has 1 unspecified atom stereocenters. The molecule has 2 heterocycles. The normalized spacial score (nSPS) is 15.0. The van der Waals surface area contributed by atoms with Gasteiger partial charge in [-0.3, -0.25) is 9.36 Å². The van der Waals surface area contributed by atoms with Gasteiger partial charge in [-0.15, -0.1) is 0 Å². The van der Waals surface area contributed by atoms with Gasteiger partial charge in [0.2, 0.25) is 0 Å². The Morgan fingerprint density at radius 3 is 2.55 bits per heavy atom. The molecule has 1 aliphatic heterocycles. The average Bonchev–Trinajstić information content (AvgIpc) is 3.23. The highest BCUT2D eigenvalue weighted by Crippen LogP contribution is 2.31. The smallest absolute Gasteiger partial charge is 0.338 e. The predicted molar refractivity (Wildman–Crippen MR) is 159 cm³/mol. The summed E-state index contributed by atoms with van der Waals surface area (Å²) in [5.74, 6) is 0.112. The zero-order valence-corrected chi connectivity index (χ0v) is 24.4. The first kappa shape index (κ1) is 27.9. The van der Waals surface area contributed by atoms with Crippen LogP contribution in [0.1, 0.15) is 42.1 Å². The third-order valence-electron chi connectivity index (χ3n) is 6.51. The van der Waals surface area contributed by atoms with Crippen LogP contribution in [0.5, 0.6) is 5.75 Å². The van der Waals surface area contributed by atoms with Crippen LogP contribution >= 0.6 is 34.5 Å². The maximum absolute atomic E-state index is 13.9. The summed E-state index contributed by atoms with van der Waals surface area (Å²) in [6, 6.07) is 19.8. The van der Waals surface area contributed by atoms with Crippen LogP contribution < -0.4 is 19.6 Å². The minimum atomic E-state index is -0.656. The van der Waals surface area contributed by atoms with Crippen molar-refractivity contribution in [1.82, 2.24) is 4.57 Å². The molecular formula is C31H26Cl2N2O4S. The molecule has 0 N–H and O–H groups in total. The molecule has 1 aromatic heterocycles. The van der Waals surface area contributed by atoms with Crippen LogP contribution in [0.2, 0.25) is 10.0 Å². The van der Waals surface area contributed by atoms with E-state index in [-0.39, 0.29) is 18.8 Å². The van der Waals surface area contributed by atoms with Crippen molar-refractivity contribution in [3.05, 3.63) is 130 Å². The van der Waals surface area contributed by atoms with E-state index < -0.39 is 12.0 Å². The number of rotatable bonds is 7. The van der Waals surface area contributed by atoms with Crippen molar-refractivity contribution in [3.63, 3.8) is 0 Å². The molecule has 1 atom stereocenters. The van der Waals surface area contributed by atoms with Gasteiger partial charge in [0.05, 0.1) is 28.5 Å². The Labute approximate surface area is 245 Å². The average molecular weight is 594 g/mol. The monoisotopic (exact) mass is 592 g/mol. The van der Waals surface area contributed by atoms with Gasteiger partial charge in [-0.25, -0.2) is 9.79 Å². The van der Waals surface area contributed by atoms with Crippen molar-refractivity contribution in [2.24, 2.45) is 4.99 Å². The summed E-state index contributed by atoms with van der Waals surface area (Å²) in [5.41, 5.74) is 4.03. The third-order valence-corrected chi connectivity index (χ3v) is 8.08. The van der Waals surface area contributed by atoms with E-state index in [1.807, 2.05) is 61.5 Å². The highest BCUT2D eigenvalue weighted by atomic mass is 35.5. The van der Waals surface area contributed by atoms with Gasteiger partial charge in [-0.05, 0) is 50.6 Å².